The molecule has 4 aromatic rings. The second kappa shape index (κ2) is 11.4. The highest BCUT2D eigenvalue weighted by atomic mass is 35.5. The first-order valence-electron chi connectivity index (χ1n) is 13.9. The van der Waals surface area contributed by atoms with E-state index in [0.29, 0.717) is 28.1 Å². The predicted molar refractivity (Wildman–Crippen MR) is 162 cm³/mol. The number of aromatic nitrogens is 3. The fraction of sp³-hybridized carbons (Fsp3) is 0.267. The molecule has 0 spiro atoms. The van der Waals surface area contributed by atoms with E-state index in [4.69, 9.17) is 17.3 Å². The molecule has 3 heterocycles. The number of nitrogens with one attached hydrogen (secondary N) is 3. The fourth-order valence-electron chi connectivity index (χ4n) is 6.15. The maximum Gasteiger partial charge on any atom is 0.323 e. The third-order valence-electron chi connectivity index (χ3n) is 7.91. The van der Waals surface area contributed by atoms with Gasteiger partial charge in [0.2, 0.25) is 11.8 Å². The third kappa shape index (κ3) is 5.73. The van der Waals surface area contributed by atoms with Crippen LogP contribution in [0, 0.1) is 12.8 Å². The van der Waals surface area contributed by atoms with Gasteiger partial charge in [-0.15, -0.1) is 0 Å². The first-order valence-corrected chi connectivity index (χ1v) is 14.2. The summed E-state index contributed by atoms with van der Waals surface area (Å²) in [4.78, 5) is 57.7. The number of likely N-dealkylation sites (tertiary alicyclic amines) is 1. The molecule has 220 valence electrons. The molecule has 6 rings (SSSR count). The minimum atomic E-state index is -0.774. The van der Waals surface area contributed by atoms with Gasteiger partial charge in [0.25, 0.3) is 5.91 Å². The van der Waals surface area contributed by atoms with E-state index in [9.17, 15) is 19.2 Å². The molecule has 43 heavy (non-hydrogen) atoms. The number of pyridine rings is 1. The lowest BCUT2D eigenvalue weighted by Crippen LogP contribution is -2.52. The zero-order valence-electron chi connectivity index (χ0n) is 23.2. The van der Waals surface area contributed by atoms with Crippen LogP contribution in [0.3, 0.4) is 0 Å². The molecule has 5 amide bonds. The first kappa shape index (κ1) is 28.2. The summed E-state index contributed by atoms with van der Waals surface area (Å²) in [7, 11) is 0. The number of aryl methyl sites for hydroxylation is 1. The van der Waals surface area contributed by atoms with Gasteiger partial charge >= 0.3 is 6.03 Å². The van der Waals surface area contributed by atoms with Crippen LogP contribution in [0.1, 0.15) is 35.3 Å². The van der Waals surface area contributed by atoms with Gasteiger partial charge in [-0.1, -0.05) is 29.8 Å². The average molecular weight is 601 g/mol. The van der Waals surface area contributed by atoms with E-state index >= 15 is 0 Å². The number of benzene rings is 2. The van der Waals surface area contributed by atoms with Crippen LogP contribution in [-0.4, -0.2) is 55.5 Å². The average Bonchev–Trinajstić information content (AvgIpc) is 3.66. The van der Waals surface area contributed by atoms with Gasteiger partial charge in [0.15, 0.2) is 5.69 Å². The predicted octanol–water partition coefficient (Wildman–Crippen LogP) is 4.15. The molecule has 2 aromatic carbocycles. The lowest BCUT2D eigenvalue weighted by Gasteiger charge is -2.34. The molecule has 1 saturated heterocycles. The molecule has 5 N–H and O–H groups in total. The summed E-state index contributed by atoms with van der Waals surface area (Å²) in [6.45, 7) is 1.72. The number of carbonyl (C=O) groups excluding carboxylic acids is 4. The number of anilines is 3. The van der Waals surface area contributed by atoms with Crippen LogP contribution < -0.4 is 21.7 Å². The largest absolute Gasteiger partial charge is 0.364 e. The fourth-order valence-corrected chi connectivity index (χ4v) is 6.31. The number of carbonyl (C=O) groups is 4. The van der Waals surface area contributed by atoms with Crippen molar-refractivity contribution in [3.63, 3.8) is 0 Å². The summed E-state index contributed by atoms with van der Waals surface area (Å²) in [5, 5.41) is 13.3. The number of nitrogens with two attached hydrogens (primary N) is 1. The Kier molecular flexibility index (Phi) is 7.45. The number of hydrogen-bond donors (Lipinski definition) is 4. The van der Waals surface area contributed by atoms with E-state index in [1.165, 1.54) is 4.68 Å². The molecule has 2 fully saturated rings. The zero-order valence-corrected chi connectivity index (χ0v) is 24.0. The molecular formula is C30H29ClN8O4. The number of halogens is 1. The number of urea groups is 1. The minimum absolute atomic E-state index is 0.0308. The van der Waals surface area contributed by atoms with Crippen LogP contribution in [-0.2, 0) is 16.1 Å². The highest BCUT2D eigenvalue weighted by molar-refractivity contribution is 6.29. The van der Waals surface area contributed by atoms with Crippen molar-refractivity contribution in [3.05, 3.63) is 77.1 Å². The smallest absolute Gasteiger partial charge is 0.323 e. The number of nitrogens with zero attached hydrogens (tertiary/aromatic N) is 4. The van der Waals surface area contributed by atoms with Gasteiger partial charge in [-0.25, -0.2) is 9.78 Å². The number of amides is 5. The van der Waals surface area contributed by atoms with Crippen LogP contribution in [0.25, 0.3) is 10.9 Å². The first-order chi connectivity index (χ1) is 20.7. The van der Waals surface area contributed by atoms with Crippen LogP contribution in [0.5, 0.6) is 0 Å². The summed E-state index contributed by atoms with van der Waals surface area (Å²) >= 11 is 5.97. The molecule has 1 aliphatic heterocycles. The van der Waals surface area contributed by atoms with Crippen LogP contribution in [0.4, 0.5) is 22.0 Å². The SMILES string of the molecule is Cc1cccc(NC(=O)Nc2ccc3c(c2)c(C(N)=O)nn3CC(=O)N2[C@@H]3CC[C@@H](C3)[C@H]2C(=O)Nc2cccc(Cl)n2)c1. The van der Waals surface area contributed by atoms with E-state index in [-0.39, 0.29) is 41.2 Å². The molecule has 2 aliphatic rings. The van der Waals surface area contributed by atoms with Gasteiger partial charge < -0.3 is 26.6 Å². The molecule has 0 unspecified atom stereocenters. The Bertz CT molecular complexity index is 1770. The molecule has 1 saturated carbocycles. The number of hydrogen-bond acceptors (Lipinski definition) is 6. The molecule has 13 heteroatoms. The van der Waals surface area contributed by atoms with Crippen LogP contribution in [0.2, 0.25) is 5.15 Å². The normalized spacial score (nSPS) is 18.9. The van der Waals surface area contributed by atoms with Crippen molar-refractivity contribution in [1.82, 2.24) is 19.7 Å². The van der Waals surface area contributed by atoms with Gasteiger partial charge in [0.1, 0.15) is 23.6 Å². The molecule has 3 atom stereocenters. The molecule has 1 aliphatic carbocycles. The third-order valence-corrected chi connectivity index (χ3v) is 8.12. The quantitative estimate of drug-likeness (QED) is 0.233. The lowest BCUT2D eigenvalue weighted by atomic mass is 9.97. The van der Waals surface area contributed by atoms with Gasteiger partial charge in [-0.3, -0.25) is 19.1 Å². The Morgan fingerprint density at radius 1 is 0.977 bits per heavy atom. The monoisotopic (exact) mass is 600 g/mol. The van der Waals surface area contributed by atoms with Crippen molar-refractivity contribution in [2.24, 2.45) is 11.7 Å². The summed E-state index contributed by atoms with van der Waals surface area (Å²) in [6, 6.07) is 16.0. The van der Waals surface area contributed by atoms with Crippen molar-refractivity contribution in [1.29, 1.82) is 0 Å². The van der Waals surface area contributed by atoms with Crippen LogP contribution >= 0.6 is 11.6 Å². The van der Waals surface area contributed by atoms with E-state index in [1.807, 2.05) is 25.1 Å². The van der Waals surface area contributed by atoms with Crippen molar-refractivity contribution < 1.29 is 19.2 Å². The molecular weight excluding hydrogens is 572 g/mol. The summed E-state index contributed by atoms with van der Waals surface area (Å²) < 4.78 is 1.41. The lowest BCUT2D eigenvalue weighted by molar-refractivity contribution is -0.141. The number of fused-ring (bicyclic) bond motifs is 3. The summed E-state index contributed by atoms with van der Waals surface area (Å²) in [5.41, 5.74) is 8.13. The molecule has 12 nitrogen and oxygen atoms in total. The maximum absolute atomic E-state index is 13.7. The Hall–Kier alpha value is -4.97. The Balaban J connectivity index is 1.21. The number of rotatable bonds is 7. The Labute approximate surface area is 251 Å². The molecule has 0 radical (unpaired) electrons. The van der Waals surface area contributed by atoms with Gasteiger partial charge in [-0.2, -0.15) is 5.10 Å². The van der Waals surface area contributed by atoms with Crippen molar-refractivity contribution in [2.45, 2.75) is 44.8 Å². The van der Waals surface area contributed by atoms with E-state index in [1.54, 1.807) is 47.4 Å². The molecule has 2 bridgehead atoms. The second-order valence-corrected chi connectivity index (χ2v) is 11.2. The van der Waals surface area contributed by atoms with Gasteiger partial charge in [-0.05, 0) is 80.1 Å². The number of piperidine rings is 1. The minimum Gasteiger partial charge on any atom is -0.364 e. The van der Waals surface area contributed by atoms with Crippen LogP contribution in [0.15, 0.2) is 60.7 Å². The second-order valence-electron chi connectivity index (χ2n) is 10.9. The highest BCUT2D eigenvalue weighted by Crippen LogP contribution is 2.43. The van der Waals surface area contributed by atoms with Gasteiger partial charge in [0.05, 0.1) is 5.52 Å². The van der Waals surface area contributed by atoms with Crippen molar-refractivity contribution in [2.75, 3.05) is 16.0 Å². The number of primary amides is 1. The van der Waals surface area contributed by atoms with E-state index in [0.717, 1.165) is 24.8 Å². The Morgan fingerprint density at radius 3 is 2.49 bits per heavy atom. The van der Waals surface area contributed by atoms with Crippen molar-refractivity contribution in [3.8, 4) is 0 Å². The zero-order chi connectivity index (χ0) is 30.2. The summed E-state index contributed by atoms with van der Waals surface area (Å²) in [6.07, 6.45) is 2.39. The Morgan fingerprint density at radius 2 is 1.74 bits per heavy atom. The standard InChI is InChI=1S/C30H29ClN8O4/c1-16-4-2-5-18(12-16)33-30(43)34-19-9-11-22-21(14-19)26(28(32)41)37-38(22)15-25(40)39-20-10-8-17(13-20)27(39)29(42)36-24-7-3-6-23(31)35-24/h2-7,9,11-12,14,17,20,27H,8,10,13,15H2,1H3,(H2,32,41)(H2,33,34,43)(H,35,36,42)/t17-,20+,27-/m0/s1. The van der Waals surface area contributed by atoms with E-state index in [2.05, 4.69) is 26.0 Å². The maximum atomic E-state index is 13.7. The highest BCUT2D eigenvalue weighted by Gasteiger charge is 2.51. The topological polar surface area (TPSA) is 164 Å². The molecule has 2 aromatic heterocycles. The van der Waals surface area contributed by atoms with Gasteiger partial charge in [0, 0.05) is 22.8 Å². The van der Waals surface area contributed by atoms with E-state index < -0.39 is 18.0 Å². The summed E-state index contributed by atoms with van der Waals surface area (Å²) in [5.74, 6) is -1.05. The van der Waals surface area contributed by atoms with Crippen molar-refractivity contribution >= 4 is 63.4 Å².